The van der Waals surface area contributed by atoms with E-state index in [0.29, 0.717) is 31.6 Å². The minimum atomic E-state index is -1.25. The third kappa shape index (κ3) is 15.9. The predicted molar refractivity (Wildman–Crippen MR) is 144 cm³/mol. The van der Waals surface area contributed by atoms with Crippen LogP contribution in [0.25, 0.3) is 0 Å². The number of carboxylic acids is 2. The van der Waals surface area contributed by atoms with E-state index in [1.54, 1.807) is 0 Å². The lowest BCUT2D eigenvalue weighted by molar-refractivity contribution is -0.142. The number of hydrogen-bond acceptors (Lipinski definition) is 9. The molecule has 0 bridgehead atoms. The quantitative estimate of drug-likeness (QED) is 0.0404. The number of aliphatic imine (C=N–C) groups is 1. The maximum atomic E-state index is 13.1. The fraction of sp³-hybridized carbons (Fsp3) is 0.727. The number of rotatable bonds is 21. The molecule has 0 aliphatic heterocycles. The standard InChI is InChI=1S/C22H42N8O7S/c1-38-12-9-15(20(35)30-16(21(36)37)6-4-11-27-22(25)26)29-19(34)14(5-2-3-10-23)28-18(33)13(24)7-8-17(31)32/h13-16H,2-12,23-24H2,1H3,(H,28,33)(H,29,34)(H,30,35)(H,31,32)(H,36,37)(H4,25,26,27). The normalized spacial score (nSPS) is 13.9. The highest BCUT2D eigenvalue weighted by atomic mass is 32.2. The number of carbonyl (C=O) groups is 5. The van der Waals surface area contributed by atoms with E-state index < -0.39 is 53.8 Å². The van der Waals surface area contributed by atoms with Crippen LogP contribution in [0.5, 0.6) is 0 Å². The van der Waals surface area contributed by atoms with Crippen LogP contribution in [-0.2, 0) is 24.0 Å². The molecule has 4 unspecified atom stereocenters. The number of carboxylic acid groups (broad SMARTS) is 2. The van der Waals surface area contributed by atoms with Gasteiger partial charge >= 0.3 is 11.9 Å². The molecule has 13 N–H and O–H groups in total. The maximum Gasteiger partial charge on any atom is 0.326 e. The third-order valence-corrected chi connectivity index (χ3v) is 6.03. The van der Waals surface area contributed by atoms with Crippen molar-refractivity contribution in [2.75, 3.05) is 25.1 Å². The van der Waals surface area contributed by atoms with Gasteiger partial charge < -0.3 is 49.1 Å². The molecule has 16 heteroatoms. The number of nitrogens with zero attached hydrogens (tertiary/aromatic N) is 1. The van der Waals surface area contributed by atoms with E-state index >= 15 is 0 Å². The summed E-state index contributed by atoms with van der Waals surface area (Å²) in [5.41, 5.74) is 21.8. The van der Waals surface area contributed by atoms with Crippen molar-refractivity contribution in [2.45, 2.75) is 75.5 Å². The molecule has 0 spiro atoms. The third-order valence-electron chi connectivity index (χ3n) is 5.39. The Morgan fingerprint density at radius 2 is 1.37 bits per heavy atom. The van der Waals surface area contributed by atoms with Gasteiger partial charge in [0, 0.05) is 13.0 Å². The Balaban J connectivity index is 5.44. The molecular weight excluding hydrogens is 520 g/mol. The Morgan fingerprint density at radius 1 is 0.816 bits per heavy atom. The number of unbranched alkanes of at least 4 members (excludes halogenated alkanes) is 1. The number of hydrogen-bond donors (Lipinski definition) is 9. The molecule has 0 heterocycles. The van der Waals surface area contributed by atoms with E-state index in [9.17, 15) is 29.1 Å². The van der Waals surface area contributed by atoms with Crippen LogP contribution < -0.4 is 38.9 Å². The molecular formula is C22H42N8O7S. The van der Waals surface area contributed by atoms with Crippen LogP contribution in [0.2, 0.25) is 0 Å². The summed E-state index contributed by atoms with van der Waals surface area (Å²) in [6, 6.07) is -4.48. The van der Waals surface area contributed by atoms with Crippen LogP contribution in [0.3, 0.4) is 0 Å². The fourth-order valence-corrected chi connectivity index (χ4v) is 3.73. The number of aliphatic carboxylic acids is 2. The van der Waals surface area contributed by atoms with Crippen LogP contribution in [0, 0.1) is 0 Å². The minimum absolute atomic E-state index is 0.0625. The largest absolute Gasteiger partial charge is 0.481 e. The number of nitrogens with two attached hydrogens (primary N) is 4. The molecule has 3 amide bonds. The van der Waals surface area contributed by atoms with Crippen LogP contribution in [0.1, 0.15) is 51.4 Å². The average Bonchev–Trinajstić information content (AvgIpc) is 2.85. The molecule has 0 radical (unpaired) electrons. The van der Waals surface area contributed by atoms with E-state index in [-0.39, 0.29) is 44.6 Å². The second kappa shape index (κ2) is 19.9. The van der Waals surface area contributed by atoms with Crippen molar-refractivity contribution >= 4 is 47.4 Å². The Bertz CT molecular complexity index is 811. The van der Waals surface area contributed by atoms with Crippen LogP contribution in [0.15, 0.2) is 4.99 Å². The Hall–Kier alpha value is -3.11. The Kier molecular flexibility index (Phi) is 18.3. The van der Waals surface area contributed by atoms with Gasteiger partial charge in [-0.1, -0.05) is 0 Å². The summed E-state index contributed by atoms with van der Waals surface area (Å²) in [6.45, 7) is 0.562. The second-order valence-electron chi connectivity index (χ2n) is 8.58. The molecule has 0 saturated heterocycles. The zero-order valence-corrected chi connectivity index (χ0v) is 22.5. The van der Waals surface area contributed by atoms with Gasteiger partial charge in [-0.05, 0) is 63.5 Å². The van der Waals surface area contributed by atoms with Gasteiger partial charge in [-0.25, -0.2) is 4.79 Å². The lowest BCUT2D eigenvalue weighted by atomic mass is 10.1. The first-order chi connectivity index (χ1) is 17.9. The smallest absolute Gasteiger partial charge is 0.326 e. The van der Waals surface area contributed by atoms with Gasteiger partial charge in [0.2, 0.25) is 17.7 Å². The predicted octanol–water partition coefficient (Wildman–Crippen LogP) is -2.35. The molecule has 0 aliphatic carbocycles. The molecule has 0 aliphatic rings. The highest BCUT2D eigenvalue weighted by Crippen LogP contribution is 2.08. The Morgan fingerprint density at radius 3 is 1.89 bits per heavy atom. The highest BCUT2D eigenvalue weighted by Gasteiger charge is 2.30. The summed E-state index contributed by atoms with van der Waals surface area (Å²) < 4.78 is 0. The topological polar surface area (TPSA) is 278 Å². The van der Waals surface area contributed by atoms with Gasteiger partial charge in [0.25, 0.3) is 0 Å². The first kappa shape index (κ1) is 34.9. The number of amides is 3. The lowest BCUT2D eigenvalue weighted by Gasteiger charge is -2.25. The van der Waals surface area contributed by atoms with E-state index in [1.165, 1.54) is 11.8 Å². The summed E-state index contributed by atoms with van der Waals surface area (Å²) in [7, 11) is 0. The van der Waals surface area contributed by atoms with Gasteiger partial charge in [-0.3, -0.25) is 24.2 Å². The summed E-state index contributed by atoms with van der Waals surface area (Å²) >= 11 is 1.43. The maximum absolute atomic E-state index is 13.1. The van der Waals surface area contributed by atoms with Crippen molar-refractivity contribution in [1.82, 2.24) is 16.0 Å². The van der Waals surface area contributed by atoms with Gasteiger partial charge in [-0.2, -0.15) is 11.8 Å². The first-order valence-corrected chi connectivity index (χ1v) is 13.7. The van der Waals surface area contributed by atoms with Gasteiger partial charge in [0.15, 0.2) is 5.96 Å². The minimum Gasteiger partial charge on any atom is -0.481 e. The zero-order chi connectivity index (χ0) is 29.1. The molecule has 4 atom stereocenters. The van der Waals surface area contributed by atoms with Gasteiger partial charge in [0.1, 0.15) is 18.1 Å². The second-order valence-corrected chi connectivity index (χ2v) is 9.56. The number of carbonyl (C=O) groups excluding carboxylic acids is 3. The van der Waals surface area contributed by atoms with E-state index in [2.05, 4.69) is 20.9 Å². The van der Waals surface area contributed by atoms with Gasteiger partial charge in [0.05, 0.1) is 6.04 Å². The van der Waals surface area contributed by atoms with Crippen molar-refractivity contribution in [3.8, 4) is 0 Å². The van der Waals surface area contributed by atoms with E-state index in [1.807, 2.05) is 6.26 Å². The summed E-state index contributed by atoms with van der Waals surface area (Å²) in [4.78, 5) is 64.7. The molecule has 0 fully saturated rings. The summed E-state index contributed by atoms with van der Waals surface area (Å²) in [6.07, 6.45) is 3.25. The highest BCUT2D eigenvalue weighted by molar-refractivity contribution is 7.98. The molecule has 0 saturated carbocycles. The van der Waals surface area contributed by atoms with Crippen molar-refractivity contribution in [3.05, 3.63) is 0 Å². The SMILES string of the molecule is CSCCC(NC(=O)C(CCCCN)NC(=O)C(N)CCC(=O)O)C(=O)NC(CCCN=C(N)N)C(=O)O. The Labute approximate surface area is 226 Å². The molecule has 0 aromatic carbocycles. The molecule has 0 aromatic rings. The fourth-order valence-electron chi connectivity index (χ4n) is 3.26. The van der Waals surface area contributed by atoms with Gasteiger partial charge in [-0.15, -0.1) is 0 Å². The van der Waals surface area contributed by atoms with Crippen LogP contribution >= 0.6 is 11.8 Å². The van der Waals surface area contributed by atoms with Crippen molar-refractivity contribution < 1.29 is 34.2 Å². The number of guanidine groups is 1. The molecule has 38 heavy (non-hydrogen) atoms. The van der Waals surface area contributed by atoms with Crippen molar-refractivity contribution in [1.29, 1.82) is 0 Å². The monoisotopic (exact) mass is 562 g/mol. The molecule has 15 nitrogen and oxygen atoms in total. The van der Waals surface area contributed by atoms with Crippen molar-refractivity contribution in [2.24, 2.45) is 27.9 Å². The average molecular weight is 563 g/mol. The number of thioether (sulfide) groups is 1. The lowest BCUT2D eigenvalue weighted by Crippen LogP contribution is -2.57. The van der Waals surface area contributed by atoms with Crippen molar-refractivity contribution in [3.63, 3.8) is 0 Å². The van der Waals surface area contributed by atoms with E-state index in [0.717, 1.165) is 0 Å². The zero-order valence-electron chi connectivity index (χ0n) is 21.7. The van der Waals surface area contributed by atoms with E-state index in [4.69, 9.17) is 28.0 Å². The molecule has 218 valence electrons. The first-order valence-electron chi connectivity index (χ1n) is 12.3. The number of nitrogens with one attached hydrogen (secondary N) is 3. The van der Waals surface area contributed by atoms with Crippen LogP contribution in [0.4, 0.5) is 0 Å². The summed E-state index contributed by atoms with van der Waals surface area (Å²) in [5.74, 6) is -4.03. The summed E-state index contributed by atoms with van der Waals surface area (Å²) in [5, 5.41) is 25.9. The molecule has 0 aromatic heterocycles. The molecule has 0 rings (SSSR count). The van der Waals surface area contributed by atoms with Crippen LogP contribution in [-0.4, -0.2) is 95.1 Å².